The van der Waals surface area contributed by atoms with Crippen LogP contribution in [0.5, 0.6) is 5.75 Å². The third-order valence-electron chi connectivity index (χ3n) is 5.96. The number of aromatic nitrogens is 2. The maximum Gasteiger partial charge on any atom is 0.257 e. The van der Waals surface area contributed by atoms with E-state index in [1.165, 1.54) is 0 Å². The lowest BCUT2D eigenvalue weighted by Crippen LogP contribution is -2.27. The number of hydrogen-bond acceptors (Lipinski definition) is 4. The lowest BCUT2D eigenvalue weighted by Gasteiger charge is -2.12. The fraction of sp³-hybridized carbons (Fsp3) is 0.192. The van der Waals surface area contributed by atoms with Gasteiger partial charge < -0.3 is 19.5 Å². The Morgan fingerprint density at radius 3 is 2.55 bits per heavy atom. The summed E-state index contributed by atoms with van der Waals surface area (Å²) in [6.45, 7) is 1.02. The number of benzene rings is 2. The Kier molecular flexibility index (Phi) is 5.09. The molecule has 0 bridgehead atoms. The zero-order chi connectivity index (χ0) is 23.1. The zero-order valence-electron chi connectivity index (χ0n) is 18.8. The number of carbonyl (C=O) groups is 2. The number of ether oxygens (including phenoxy) is 1. The molecule has 0 saturated heterocycles. The van der Waals surface area contributed by atoms with Crippen molar-refractivity contribution in [3.63, 3.8) is 0 Å². The van der Waals surface area contributed by atoms with E-state index in [2.05, 4.69) is 16.0 Å². The molecule has 0 spiro atoms. The number of hydrogen-bond donors (Lipinski definition) is 1. The molecule has 2 amide bonds. The van der Waals surface area contributed by atoms with Gasteiger partial charge in [-0.2, -0.15) is 0 Å². The molecule has 33 heavy (non-hydrogen) atoms. The molecule has 1 aliphatic heterocycles. The van der Waals surface area contributed by atoms with Gasteiger partial charge in [-0.3, -0.25) is 9.59 Å². The zero-order valence-corrected chi connectivity index (χ0v) is 18.8. The van der Waals surface area contributed by atoms with Gasteiger partial charge in [0.15, 0.2) is 0 Å². The number of rotatable bonds is 3. The van der Waals surface area contributed by atoms with Crippen LogP contribution in [0.4, 0.5) is 0 Å². The predicted molar refractivity (Wildman–Crippen MR) is 127 cm³/mol. The number of nitrogens with one attached hydrogen (secondary N) is 1. The molecule has 2 aromatic carbocycles. The summed E-state index contributed by atoms with van der Waals surface area (Å²) in [5.41, 5.74) is 5.86. The topological polar surface area (TPSA) is 78.5 Å². The monoisotopic (exact) mass is 440 g/mol. The highest BCUT2D eigenvalue weighted by Crippen LogP contribution is 2.33. The lowest BCUT2D eigenvalue weighted by atomic mass is 10.00. The van der Waals surface area contributed by atoms with E-state index in [0.717, 1.165) is 33.3 Å². The number of amides is 2. The normalized spacial score (nSPS) is 13.4. The molecule has 3 heterocycles. The Morgan fingerprint density at radius 1 is 1.03 bits per heavy atom. The minimum absolute atomic E-state index is 0.0282. The van der Waals surface area contributed by atoms with Gasteiger partial charge in [-0.1, -0.05) is 18.2 Å². The predicted octanol–water partition coefficient (Wildman–Crippen LogP) is 4.06. The summed E-state index contributed by atoms with van der Waals surface area (Å²) < 4.78 is 5.84. The molecule has 0 unspecified atom stereocenters. The first-order valence-corrected chi connectivity index (χ1v) is 10.7. The molecule has 2 aromatic heterocycles. The van der Waals surface area contributed by atoms with Crippen molar-refractivity contribution in [2.24, 2.45) is 0 Å². The van der Waals surface area contributed by atoms with Crippen molar-refractivity contribution in [2.75, 3.05) is 34.3 Å². The second kappa shape index (κ2) is 8.09. The molecule has 7 heteroatoms. The van der Waals surface area contributed by atoms with Crippen LogP contribution in [0.1, 0.15) is 20.7 Å². The van der Waals surface area contributed by atoms with Gasteiger partial charge in [0.1, 0.15) is 18.0 Å². The van der Waals surface area contributed by atoms with Crippen LogP contribution in [0.25, 0.3) is 33.3 Å². The Balaban J connectivity index is 1.52. The largest absolute Gasteiger partial charge is 0.491 e. The maximum absolute atomic E-state index is 12.5. The van der Waals surface area contributed by atoms with E-state index in [4.69, 9.17) is 4.74 Å². The van der Waals surface area contributed by atoms with Crippen LogP contribution in [-0.2, 0) is 0 Å². The molecule has 166 valence electrons. The number of fused-ring (bicyclic) bond motifs is 2. The molecule has 0 fully saturated rings. The Hall–Kier alpha value is -4.13. The molecular weight excluding hydrogens is 416 g/mol. The number of likely N-dealkylation sites (N-methyl/N-ethyl adjacent to an activating group) is 1. The Bertz CT molecular complexity index is 1370. The van der Waals surface area contributed by atoms with Gasteiger partial charge in [0, 0.05) is 55.6 Å². The fourth-order valence-electron chi connectivity index (χ4n) is 4.05. The van der Waals surface area contributed by atoms with E-state index in [1.807, 2.05) is 54.9 Å². The average molecular weight is 441 g/mol. The molecule has 0 saturated carbocycles. The third-order valence-corrected chi connectivity index (χ3v) is 5.96. The van der Waals surface area contributed by atoms with Gasteiger partial charge in [-0.05, 0) is 41.5 Å². The van der Waals surface area contributed by atoms with Crippen molar-refractivity contribution in [3.8, 4) is 28.0 Å². The van der Waals surface area contributed by atoms with Gasteiger partial charge >= 0.3 is 0 Å². The second-order valence-electron chi connectivity index (χ2n) is 8.39. The maximum atomic E-state index is 12.5. The molecule has 5 rings (SSSR count). The van der Waals surface area contributed by atoms with E-state index in [0.29, 0.717) is 30.0 Å². The summed E-state index contributed by atoms with van der Waals surface area (Å²) in [6.07, 6.45) is 3.74. The van der Waals surface area contributed by atoms with Crippen LogP contribution < -0.4 is 4.74 Å². The first-order chi connectivity index (χ1) is 15.9. The SMILES string of the molecule is CN(C)C(=O)c1ccc(-c2c[nH]c3ncc(-c4ccc5c(c4)OCCN(C)C5=O)cc23)cc1. The highest BCUT2D eigenvalue weighted by molar-refractivity contribution is 5.99. The third kappa shape index (κ3) is 3.71. The molecule has 4 aromatic rings. The molecule has 7 nitrogen and oxygen atoms in total. The van der Waals surface area contributed by atoms with E-state index >= 15 is 0 Å². The highest BCUT2D eigenvalue weighted by Gasteiger charge is 2.21. The summed E-state index contributed by atoms with van der Waals surface area (Å²) >= 11 is 0. The summed E-state index contributed by atoms with van der Waals surface area (Å²) in [5.74, 6) is 0.531. The van der Waals surface area contributed by atoms with Gasteiger partial charge in [0.05, 0.1) is 12.1 Å². The average Bonchev–Trinajstić information content (AvgIpc) is 3.20. The van der Waals surface area contributed by atoms with Crippen LogP contribution in [0.2, 0.25) is 0 Å². The molecular formula is C26H24N4O3. The van der Waals surface area contributed by atoms with Crippen molar-refractivity contribution >= 4 is 22.8 Å². The van der Waals surface area contributed by atoms with Crippen molar-refractivity contribution in [3.05, 3.63) is 72.1 Å². The molecule has 0 aliphatic carbocycles. The minimum atomic E-state index is -0.0354. The number of pyridine rings is 1. The Morgan fingerprint density at radius 2 is 1.79 bits per heavy atom. The molecule has 1 N–H and O–H groups in total. The lowest BCUT2D eigenvalue weighted by molar-refractivity contribution is 0.0795. The molecule has 0 radical (unpaired) electrons. The van der Waals surface area contributed by atoms with Crippen LogP contribution in [-0.4, -0.2) is 65.9 Å². The first-order valence-electron chi connectivity index (χ1n) is 10.7. The number of aromatic amines is 1. The van der Waals surface area contributed by atoms with E-state index in [9.17, 15) is 9.59 Å². The fourth-order valence-corrected chi connectivity index (χ4v) is 4.05. The van der Waals surface area contributed by atoms with Gasteiger partial charge in [-0.25, -0.2) is 4.98 Å². The number of H-pyrrole nitrogens is 1. The van der Waals surface area contributed by atoms with Crippen molar-refractivity contribution in [1.29, 1.82) is 0 Å². The summed E-state index contributed by atoms with van der Waals surface area (Å²) in [7, 11) is 5.26. The van der Waals surface area contributed by atoms with Crippen molar-refractivity contribution in [2.45, 2.75) is 0 Å². The van der Waals surface area contributed by atoms with Crippen molar-refractivity contribution < 1.29 is 14.3 Å². The number of nitrogens with zero attached hydrogens (tertiary/aromatic N) is 3. The van der Waals surface area contributed by atoms with Crippen molar-refractivity contribution in [1.82, 2.24) is 19.8 Å². The standard InChI is InChI=1S/C26H24N4O3/c1-29(2)25(31)17-6-4-16(5-7-17)22-15-28-24-21(22)12-19(14-27-24)18-8-9-20-23(13-18)33-11-10-30(3)26(20)32/h4-9,12-15H,10-11H2,1-3H3,(H,27,28). The number of carbonyl (C=O) groups excluding carboxylic acids is 2. The summed E-state index contributed by atoms with van der Waals surface area (Å²) in [6, 6.07) is 15.3. The van der Waals surface area contributed by atoms with Gasteiger partial charge in [0.25, 0.3) is 11.8 Å². The van der Waals surface area contributed by atoms with E-state index < -0.39 is 0 Å². The second-order valence-corrected chi connectivity index (χ2v) is 8.39. The smallest absolute Gasteiger partial charge is 0.257 e. The molecule has 0 atom stereocenters. The van der Waals surface area contributed by atoms with Crippen LogP contribution in [0, 0.1) is 0 Å². The van der Waals surface area contributed by atoms with E-state index in [1.54, 1.807) is 30.9 Å². The minimum Gasteiger partial charge on any atom is -0.491 e. The van der Waals surface area contributed by atoms with Gasteiger partial charge in [0.2, 0.25) is 0 Å². The van der Waals surface area contributed by atoms with Gasteiger partial charge in [-0.15, -0.1) is 0 Å². The van der Waals surface area contributed by atoms with Crippen LogP contribution in [0.3, 0.4) is 0 Å². The summed E-state index contributed by atoms with van der Waals surface area (Å²) in [4.78, 5) is 35.8. The first kappa shape index (κ1) is 20.8. The van der Waals surface area contributed by atoms with Crippen LogP contribution in [0.15, 0.2) is 60.9 Å². The summed E-state index contributed by atoms with van der Waals surface area (Å²) in [5, 5.41) is 0.978. The van der Waals surface area contributed by atoms with E-state index in [-0.39, 0.29) is 11.8 Å². The molecule has 1 aliphatic rings. The Labute approximate surface area is 191 Å². The van der Waals surface area contributed by atoms with Crippen LogP contribution >= 0.6 is 0 Å². The highest BCUT2D eigenvalue weighted by atomic mass is 16.5. The quantitative estimate of drug-likeness (QED) is 0.521.